The van der Waals surface area contributed by atoms with Gasteiger partial charge in [-0.25, -0.2) is 0 Å². The molecule has 0 heterocycles. The summed E-state index contributed by atoms with van der Waals surface area (Å²) in [4.78, 5) is 12.2. The number of ether oxygens (including phenoxy) is 4. The molecule has 0 aliphatic heterocycles. The van der Waals surface area contributed by atoms with Crippen molar-refractivity contribution in [3.8, 4) is 17.2 Å². The second-order valence-corrected chi connectivity index (χ2v) is 5.61. The van der Waals surface area contributed by atoms with Crippen LogP contribution in [0, 0.1) is 0 Å². The summed E-state index contributed by atoms with van der Waals surface area (Å²) in [6, 6.07) is 13.0. The van der Waals surface area contributed by atoms with Gasteiger partial charge in [0, 0.05) is 25.3 Å². The number of anilines is 1. The van der Waals surface area contributed by atoms with E-state index in [2.05, 4.69) is 5.32 Å². The van der Waals surface area contributed by atoms with E-state index in [1.54, 1.807) is 27.4 Å². The molecule has 6 nitrogen and oxygen atoms in total. The zero-order chi connectivity index (χ0) is 18.8. The minimum atomic E-state index is -0.0613. The molecule has 0 saturated carbocycles. The number of nitrogens with one attached hydrogen (secondary N) is 1. The van der Waals surface area contributed by atoms with Crippen LogP contribution in [0.5, 0.6) is 17.2 Å². The van der Waals surface area contributed by atoms with Crippen LogP contribution in [0.2, 0.25) is 0 Å². The average molecular weight is 359 g/mol. The smallest absolute Gasteiger partial charge is 0.224 e. The maximum Gasteiger partial charge on any atom is 0.224 e. The molecule has 0 saturated heterocycles. The Morgan fingerprint density at radius 3 is 2.50 bits per heavy atom. The van der Waals surface area contributed by atoms with Gasteiger partial charge in [-0.3, -0.25) is 4.79 Å². The standard InChI is InChI=1S/C20H25NO5/c1-23-11-12-26-17-6-4-5-16(14-17)21-20(22)10-8-15-7-9-18(24-2)19(13-15)25-3/h4-7,9,13-14H,8,10-12H2,1-3H3,(H,21,22). The van der Waals surface area contributed by atoms with Gasteiger partial charge in [0.25, 0.3) is 0 Å². The molecule has 1 N–H and O–H groups in total. The van der Waals surface area contributed by atoms with Gasteiger partial charge in [0.05, 0.1) is 20.8 Å². The van der Waals surface area contributed by atoms with Gasteiger partial charge in [0.2, 0.25) is 5.91 Å². The quantitative estimate of drug-likeness (QED) is 0.660. The normalized spacial score (nSPS) is 10.3. The first-order chi connectivity index (χ1) is 12.7. The number of hydrogen-bond donors (Lipinski definition) is 1. The summed E-state index contributed by atoms with van der Waals surface area (Å²) in [6.07, 6.45) is 0.973. The molecule has 2 aromatic rings. The zero-order valence-electron chi connectivity index (χ0n) is 15.4. The molecule has 0 fully saturated rings. The van der Waals surface area contributed by atoms with E-state index in [1.165, 1.54) is 0 Å². The third-order valence-corrected chi connectivity index (χ3v) is 3.76. The van der Waals surface area contributed by atoms with Crippen LogP contribution in [0.3, 0.4) is 0 Å². The highest BCUT2D eigenvalue weighted by atomic mass is 16.5. The van der Waals surface area contributed by atoms with Gasteiger partial charge in [0.15, 0.2) is 11.5 Å². The monoisotopic (exact) mass is 359 g/mol. The van der Waals surface area contributed by atoms with Gasteiger partial charge in [-0.1, -0.05) is 12.1 Å². The largest absolute Gasteiger partial charge is 0.493 e. The lowest BCUT2D eigenvalue weighted by molar-refractivity contribution is -0.116. The highest BCUT2D eigenvalue weighted by Gasteiger charge is 2.08. The topological polar surface area (TPSA) is 66.0 Å². The van der Waals surface area contributed by atoms with Crippen molar-refractivity contribution in [3.05, 3.63) is 48.0 Å². The molecule has 2 rings (SSSR count). The summed E-state index contributed by atoms with van der Waals surface area (Å²) in [5, 5.41) is 2.89. The molecule has 0 radical (unpaired) electrons. The first-order valence-corrected chi connectivity index (χ1v) is 8.39. The minimum absolute atomic E-state index is 0.0613. The van der Waals surface area contributed by atoms with Crippen LogP contribution in [0.25, 0.3) is 0 Å². The van der Waals surface area contributed by atoms with Crippen LogP contribution in [-0.2, 0) is 16.0 Å². The number of rotatable bonds is 10. The summed E-state index contributed by atoms with van der Waals surface area (Å²) < 4.78 is 21.0. The fourth-order valence-electron chi connectivity index (χ4n) is 2.42. The lowest BCUT2D eigenvalue weighted by Gasteiger charge is -2.10. The van der Waals surface area contributed by atoms with E-state index in [9.17, 15) is 4.79 Å². The van der Waals surface area contributed by atoms with Crippen LogP contribution >= 0.6 is 0 Å². The lowest BCUT2D eigenvalue weighted by atomic mass is 10.1. The van der Waals surface area contributed by atoms with Gasteiger partial charge >= 0.3 is 0 Å². The molecule has 2 aromatic carbocycles. The van der Waals surface area contributed by atoms with E-state index in [1.807, 2.05) is 36.4 Å². The number of hydrogen-bond acceptors (Lipinski definition) is 5. The third kappa shape index (κ3) is 5.97. The lowest BCUT2D eigenvalue weighted by Crippen LogP contribution is -2.12. The Kier molecular flexibility index (Phi) is 7.76. The van der Waals surface area contributed by atoms with E-state index in [0.29, 0.717) is 49.0 Å². The number of carbonyl (C=O) groups is 1. The van der Waals surface area contributed by atoms with Crippen LogP contribution in [0.4, 0.5) is 5.69 Å². The Labute approximate surface area is 154 Å². The number of carbonyl (C=O) groups excluding carboxylic acids is 1. The van der Waals surface area contributed by atoms with Crippen molar-refractivity contribution >= 4 is 11.6 Å². The molecule has 0 spiro atoms. The van der Waals surface area contributed by atoms with E-state index in [0.717, 1.165) is 5.56 Å². The second kappa shape index (κ2) is 10.3. The highest BCUT2D eigenvalue weighted by Crippen LogP contribution is 2.28. The molecule has 0 bridgehead atoms. The van der Waals surface area contributed by atoms with E-state index in [4.69, 9.17) is 18.9 Å². The van der Waals surface area contributed by atoms with Gasteiger partial charge in [0.1, 0.15) is 12.4 Å². The van der Waals surface area contributed by atoms with Gasteiger partial charge < -0.3 is 24.3 Å². The van der Waals surface area contributed by atoms with Crippen LogP contribution < -0.4 is 19.5 Å². The van der Waals surface area contributed by atoms with Crippen LogP contribution in [-0.4, -0.2) is 40.5 Å². The maximum absolute atomic E-state index is 12.2. The van der Waals surface area contributed by atoms with Crippen molar-refractivity contribution in [2.45, 2.75) is 12.8 Å². The summed E-state index contributed by atoms with van der Waals surface area (Å²) >= 11 is 0. The number of amides is 1. The Balaban J connectivity index is 1.88. The van der Waals surface area contributed by atoms with Crippen molar-refractivity contribution in [2.75, 3.05) is 39.9 Å². The van der Waals surface area contributed by atoms with Crippen LogP contribution in [0.15, 0.2) is 42.5 Å². The predicted molar refractivity (Wildman–Crippen MR) is 100 cm³/mol. The SMILES string of the molecule is COCCOc1cccc(NC(=O)CCc2ccc(OC)c(OC)c2)c1. The first kappa shape index (κ1) is 19.6. The van der Waals surface area contributed by atoms with E-state index < -0.39 is 0 Å². The second-order valence-electron chi connectivity index (χ2n) is 5.61. The fourth-order valence-corrected chi connectivity index (χ4v) is 2.42. The van der Waals surface area contributed by atoms with Crippen molar-refractivity contribution in [3.63, 3.8) is 0 Å². The molecule has 26 heavy (non-hydrogen) atoms. The molecular weight excluding hydrogens is 334 g/mol. The number of benzene rings is 2. The van der Waals surface area contributed by atoms with Crippen molar-refractivity contribution in [2.24, 2.45) is 0 Å². The summed E-state index contributed by atoms with van der Waals surface area (Å²) in [5.41, 5.74) is 1.71. The molecule has 140 valence electrons. The number of methoxy groups -OCH3 is 3. The number of aryl methyl sites for hydroxylation is 1. The highest BCUT2D eigenvalue weighted by molar-refractivity contribution is 5.91. The van der Waals surface area contributed by atoms with Crippen molar-refractivity contribution in [1.82, 2.24) is 0 Å². The van der Waals surface area contributed by atoms with Gasteiger partial charge in [-0.2, -0.15) is 0 Å². The Morgan fingerprint density at radius 2 is 1.77 bits per heavy atom. The molecule has 6 heteroatoms. The fraction of sp³-hybridized carbons (Fsp3) is 0.350. The predicted octanol–water partition coefficient (Wildman–Crippen LogP) is 3.30. The first-order valence-electron chi connectivity index (χ1n) is 8.39. The van der Waals surface area contributed by atoms with Crippen LogP contribution in [0.1, 0.15) is 12.0 Å². The zero-order valence-corrected chi connectivity index (χ0v) is 15.4. The minimum Gasteiger partial charge on any atom is -0.493 e. The molecule has 0 aromatic heterocycles. The Bertz CT molecular complexity index is 717. The third-order valence-electron chi connectivity index (χ3n) is 3.76. The van der Waals surface area contributed by atoms with E-state index in [-0.39, 0.29) is 5.91 Å². The molecule has 1 amide bonds. The average Bonchev–Trinajstić information content (AvgIpc) is 2.66. The van der Waals surface area contributed by atoms with Gasteiger partial charge in [-0.15, -0.1) is 0 Å². The van der Waals surface area contributed by atoms with Gasteiger partial charge in [-0.05, 0) is 36.2 Å². The molecule has 0 atom stereocenters. The van der Waals surface area contributed by atoms with Crippen molar-refractivity contribution < 1.29 is 23.7 Å². The molecule has 0 aliphatic carbocycles. The Morgan fingerprint density at radius 1 is 0.962 bits per heavy atom. The van der Waals surface area contributed by atoms with E-state index >= 15 is 0 Å². The Hall–Kier alpha value is -2.73. The molecular formula is C20H25NO5. The molecule has 0 aliphatic rings. The summed E-state index contributed by atoms with van der Waals surface area (Å²) in [7, 11) is 4.81. The summed E-state index contributed by atoms with van der Waals surface area (Å²) in [5.74, 6) is 1.96. The summed E-state index contributed by atoms with van der Waals surface area (Å²) in [6.45, 7) is 0.981. The molecule has 0 unspecified atom stereocenters. The van der Waals surface area contributed by atoms with Crippen molar-refractivity contribution in [1.29, 1.82) is 0 Å². The maximum atomic E-state index is 12.2.